The van der Waals surface area contributed by atoms with Crippen LogP contribution in [-0.2, 0) is 24.2 Å². The number of carbonyl (C=O) groups is 2. The van der Waals surface area contributed by atoms with Gasteiger partial charge in [-0.15, -0.1) is 0 Å². The van der Waals surface area contributed by atoms with E-state index < -0.39 is 5.91 Å². The minimum Gasteiger partial charge on any atom is -0.496 e. The minimum atomic E-state index is -0.410. The van der Waals surface area contributed by atoms with Gasteiger partial charge in [0.1, 0.15) is 5.75 Å². The van der Waals surface area contributed by atoms with Crippen molar-refractivity contribution in [3.63, 3.8) is 0 Å². The van der Waals surface area contributed by atoms with Gasteiger partial charge in [-0.05, 0) is 42.3 Å². The molecule has 2 amide bonds. The molecule has 0 saturated carbocycles. The van der Waals surface area contributed by atoms with E-state index in [4.69, 9.17) is 4.74 Å². The van der Waals surface area contributed by atoms with Crippen molar-refractivity contribution in [1.29, 1.82) is 0 Å². The van der Waals surface area contributed by atoms with E-state index in [0.29, 0.717) is 11.3 Å². The highest BCUT2D eigenvalue weighted by molar-refractivity contribution is 5.98. The van der Waals surface area contributed by atoms with Gasteiger partial charge in [-0.2, -0.15) is 0 Å². The fourth-order valence-corrected chi connectivity index (χ4v) is 3.24. The summed E-state index contributed by atoms with van der Waals surface area (Å²) >= 11 is 0. The lowest BCUT2D eigenvalue weighted by molar-refractivity contribution is -0.121. The van der Waals surface area contributed by atoms with Crippen LogP contribution in [0.2, 0.25) is 0 Å². The third kappa shape index (κ3) is 4.03. The second-order valence-electron chi connectivity index (χ2n) is 6.42. The highest BCUT2D eigenvalue weighted by Gasteiger charge is 2.18. The van der Waals surface area contributed by atoms with Crippen molar-refractivity contribution in [2.45, 2.75) is 19.4 Å². The molecule has 6 heteroatoms. The molecule has 0 aliphatic carbocycles. The number of benzene rings is 2. The summed E-state index contributed by atoms with van der Waals surface area (Å²) < 4.78 is 5.16. The van der Waals surface area contributed by atoms with Crippen LogP contribution < -0.4 is 15.6 Å². The Bertz CT molecular complexity index is 820. The monoisotopic (exact) mass is 353 g/mol. The lowest BCUT2D eigenvalue weighted by atomic mass is 9.93. The minimum absolute atomic E-state index is 0.235. The zero-order chi connectivity index (χ0) is 18.5. The van der Waals surface area contributed by atoms with Gasteiger partial charge in [0.05, 0.1) is 19.1 Å². The van der Waals surface area contributed by atoms with Crippen LogP contribution >= 0.6 is 0 Å². The standard InChI is InChI=1S/C20H23N3O3/c1-23-11-10-16-14(6-5-7-15(16)13-23)12-19(24)21-22-20(25)17-8-3-4-9-18(17)26-2/h3-9H,10-13H2,1-2H3,(H,21,24)(H,22,25). The molecule has 1 heterocycles. The van der Waals surface area contributed by atoms with E-state index in [1.165, 1.54) is 18.2 Å². The zero-order valence-corrected chi connectivity index (χ0v) is 15.0. The largest absolute Gasteiger partial charge is 0.496 e. The molecule has 0 saturated heterocycles. The van der Waals surface area contributed by atoms with Gasteiger partial charge in [0.25, 0.3) is 5.91 Å². The molecule has 0 fully saturated rings. The molecular weight excluding hydrogens is 330 g/mol. The van der Waals surface area contributed by atoms with E-state index in [0.717, 1.165) is 25.1 Å². The first kappa shape index (κ1) is 17.9. The van der Waals surface area contributed by atoms with Crippen molar-refractivity contribution in [2.24, 2.45) is 0 Å². The smallest absolute Gasteiger partial charge is 0.273 e. The Hall–Kier alpha value is -2.86. The number of hydrazine groups is 1. The SMILES string of the molecule is COc1ccccc1C(=O)NNC(=O)Cc1cccc2c1CCN(C)C2. The van der Waals surface area contributed by atoms with Crippen molar-refractivity contribution in [3.05, 3.63) is 64.7 Å². The van der Waals surface area contributed by atoms with E-state index in [1.54, 1.807) is 24.3 Å². The number of ether oxygens (including phenoxy) is 1. The summed E-state index contributed by atoms with van der Waals surface area (Å²) in [7, 11) is 3.59. The van der Waals surface area contributed by atoms with Crippen LogP contribution in [0.1, 0.15) is 27.0 Å². The van der Waals surface area contributed by atoms with Crippen LogP contribution in [0.15, 0.2) is 42.5 Å². The van der Waals surface area contributed by atoms with Crippen molar-refractivity contribution >= 4 is 11.8 Å². The van der Waals surface area contributed by atoms with Gasteiger partial charge in [0, 0.05) is 13.1 Å². The van der Waals surface area contributed by atoms with Crippen LogP contribution in [0.3, 0.4) is 0 Å². The predicted molar refractivity (Wildman–Crippen MR) is 98.8 cm³/mol. The van der Waals surface area contributed by atoms with Gasteiger partial charge in [-0.1, -0.05) is 30.3 Å². The van der Waals surface area contributed by atoms with E-state index in [2.05, 4.69) is 28.9 Å². The Labute approximate surface area is 153 Å². The summed E-state index contributed by atoms with van der Waals surface area (Å²) in [4.78, 5) is 26.8. The molecule has 0 radical (unpaired) electrons. The van der Waals surface area contributed by atoms with Gasteiger partial charge in [0.15, 0.2) is 0 Å². The van der Waals surface area contributed by atoms with E-state index >= 15 is 0 Å². The quantitative estimate of drug-likeness (QED) is 0.821. The zero-order valence-electron chi connectivity index (χ0n) is 15.0. The number of amides is 2. The van der Waals surface area contributed by atoms with Gasteiger partial charge in [0.2, 0.25) is 5.91 Å². The molecule has 3 rings (SSSR count). The molecule has 1 aliphatic heterocycles. The van der Waals surface area contributed by atoms with E-state index in [1.807, 2.05) is 12.1 Å². The molecule has 0 unspecified atom stereocenters. The Morgan fingerprint density at radius 1 is 1.12 bits per heavy atom. The van der Waals surface area contributed by atoms with Gasteiger partial charge in [-0.3, -0.25) is 20.4 Å². The van der Waals surface area contributed by atoms with Crippen LogP contribution in [0.4, 0.5) is 0 Å². The second kappa shape index (κ2) is 8.01. The maximum Gasteiger partial charge on any atom is 0.273 e. The molecule has 6 nitrogen and oxygen atoms in total. The summed E-state index contributed by atoms with van der Waals surface area (Å²) in [6.07, 6.45) is 1.17. The Morgan fingerprint density at radius 2 is 1.92 bits per heavy atom. The first-order chi connectivity index (χ1) is 12.6. The van der Waals surface area contributed by atoms with Crippen LogP contribution in [0.25, 0.3) is 0 Å². The highest BCUT2D eigenvalue weighted by atomic mass is 16.5. The highest BCUT2D eigenvalue weighted by Crippen LogP contribution is 2.22. The fourth-order valence-electron chi connectivity index (χ4n) is 3.24. The lowest BCUT2D eigenvalue weighted by Crippen LogP contribution is -2.42. The lowest BCUT2D eigenvalue weighted by Gasteiger charge is -2.26. The molecule has 1 aliphatic rings. The molecule has 0 bridgehead atoms. The van der Waals surface area contributed by atoms with Gasteiger partial charge >= 0.3 is 0 Å². The first-order valence-corrected chi connectivity index (χ1v) is 8.59. The third-order valence-electron chi connectivity index (χ3n) is 4.57. The van der Waals surface area contributed by atoms with E-state index in [-0.39, 0.29) is 12.3 Å². The molecule has 0 spiro atoms. The summed E-state index contributed by atoms with van der Waals surface area (Å²) in [5.41, 5.74) is 8.84. The summed E-state index contributed by atoms with van der Waals surface area (Å²) in [6, 6.07) is 12.9. The molecular formula is C20H23N3O3. The summed E-state index contributed by atoms with van der Waals surface area (Å²) in [6.45, 7) is 1.88. The molecule has 2 aromatic carbocycles. The molecule has 2 N–H and O–H groups in total. The Kier molecular flexibility index (Phi) is 5.53. The molecule has 0 atom stereocenters. The van der Waals surface area contributed by atoms with Crippen molar-refractivity contribution in [1.82, 2.24) is 15.8 Å². The van der Waals surface area contributed by atoms with Gasteiger partial charge < -0.3 is 9.64 Å². The summed E-state index contributed by atoms with van der Waals surface area (Å²) in [5.74, 6) is -0.200. The average Bonchev–Trinajstić information content (AvgIpc) is 2.66. The van der Waals surface area contributed by atoms with Crippen molar-refractivity contribution < 1.29 is 14.3 Å². The maximum absolute atomic E-state index is 12.3. The number of likely N-dealkylation sites (N-methyl/N-ethyl adjacent to an activating group) is 1. The normalized spacial score (nSPS) is 13.6. The number of methoxy groups -OCH3 is 1. The summed E-state index contributed by atoms with van der Waals surface area (Å²) in [5, 5.41) is 0. The number of carbonyl (C=O) groups excluding carboxylic acids is 2. The average molecular weight is 353 g/mol. The fraction of sp³-hybridized carbons (Fsp3) is 0.300. The van der Waals surface area contributed by atoms with E-state index in [9.17, 15) is 9.59 Å². The third-order valence-corrected chi connectivity index (χ3v) is 4.57. The van der Waals surface area contributed by atoms with Crippen LogP contribution in [0, 0.1) is 0 Å². The second-order valence-corrected chi connectivity index (χ2v) is 6.42. The maximum atomic E-state index is 12.3. The molecule has 0 aromatic heterocycles. The Morgan fingerprint density at radius 3 is 2.73 bits per heavy atom. The first-order valence-electron chi connectivity index (χ1n) is 8.59. The number of para-hydroxylation sites is 1. The number of hydrogen-bond acceptors (Lipinski definition) is 4. The topological polar surface area (TPSA) is 70.7 Å². The Balaban J connectivity index is 1.62. The number of hydrogen-bond donors (Lipinski definition) is 2. The number of fused-ring (bicyclic) bond motifs is 1. The predicted octanol–water partition coefficient (Wildman–Crippen LogP) is 1.69. The van der Waals surface area contributed by atoms with Crippen molar-refractivity contribution in [3.8, 4) is 5.75 Å². The molecule has 26 heavy (non-hydrogen) atoms. The van der Waals surface area contributed by atoms with Crippen molar-refractivity contribution in [2.75, 3.05) is 20.7 Å². The number of rotatable bonds is 4. The van der Waals surface area contributed by atoms with Crippen LogP contribution in [0.5, 0.6) is 5.75 Å². The molecule has 136 valence electrons. The van der Waals surface area contributed by atoms with Crippen LogP contribution in [-0.4, -0.2) is 37.4 Å². The van der Waals surface area contributed by atoms with Gasteiger partial charge in [-0.25, -0.2) is 0 Å². The molecule has 2 aromatic rings. The number of nitrogens with zero attached hydrogens (tertiary/aromatic N) is 1. The number of nitrogens with one attached hydrogen (secondary N) is 2.